The van der Waals surface area contributed by atoms with E-state index >= 15 is 0 Å². The molecule has 0 aliphatic carbocycles. The summed E-state index contributed by atoms with van der Waals surface area (Å²) < 4.78 is 10.3. The van der Waals surface area contributed by atoms with Crippen LogP contribution in [0.3, 0.4) is 0 Å². The summed E-state index contributed by atoms with van der Waals surface area (Å²) in [5.74, 6) is 0.716. The van der Waals surface area contributed by atoms with Crippen LogP contribution >= 0.6 is 0 Å². The molecular weight excluding hydrogens is 362 g/mol. The van der Waals surface area contributed by atoms with Crippen molar-refractivity contribution in [1.29, 1.82) is 0 Å². The summed E-state index contributed by atoms with van der Waals surface area (Å²) in [6, 6.07) is 11.1. The molecule has 4 aromatic rings. The van der Waals surface area contributed by atoms with E-state index in [-0.39, 0.29) is 11.1 Å². The van der Waals surface area contributed by atoms with E-state index in [4.69, 9.17) is 8.94 Å². The van der Waals surface area contributed by atoms with Gasteiger partial charge in [-0.15, -0.1) is 0 Å². The van der Waals surface area contributed by atoms with Crippen LogP contribution in [0.2, 0.25) is 0 Å². The fourth-order valence-electron chi connectivity index (χ4n) is 3.25. The van der Waals surface area contributed by atoms with Crippen molar-refractivity contribution >= 4 is 11.1 Å². The predicted molar refractivity (Wildman–Crippen MR) is 102 cm³/mol. The van der Waals surface area contributed by atoms with Gasteiger partial charge in [-0.1, -0.05) is 29.4 Å². The number of nitrogens with one attached hydrogen (secondary N) is 2. The van der Waals surface area contributed by atoms with E-state index in [1.807, 2.05) is 37.3 Å². The zero-order chi connectivity index (χ0) is 19.7. The van der Waals surface area contributed by atoms with E-state index in [2.05, 4.69) is 15.1 Å². The molecule has 0 fully saturated rings. The van der Waals surface area contributed by atoms with Crippen molar-refractivity contribution < 1.29 is 8.94 Å². The number of rotatable bonds is 5. The largest absolute Gasteiger partial charge is 0.405 e. The third-order valence-corrected chi connectivity index (χ3v) is 4.57. The maximum absolute atomic E-state index is 12.1. The Morgan fingerprint density at radius 2 is 1.86 bits per heavy atom. The van der Waals surface area contributed by atoms with E-state index in [0.717, 1.165) is 16.8 Å². The second-order valence-corrected chi connectivity index (χ2v) is 6.55. The summed E-state index contributed by atoms with van der Waals surface area (Å²) in [6.45, 7) is 2.01. The average molecular weight is 379 g/mol. The van der Waals surface area contributed by atoms with E-state index in [9.17, 15) is 14.4 Å². The number of H-pyrrole nitrogens is 2. The Morgan fingerprint density at radius 1 is 1.04 bits per heavy atom. The van der Waals surface area contributed by atoms with Gasteiger partial charge in [0.15, 0.2) is 0 Å². The smallest absolute Gasteiger partial charge is 0.337 e. The minimum atomic E-state index is -0.719. The molecule has 0 amide bonds. The van der Waals surface area contributed by atoms with Gasteiger partial charge in [0.1, 0.15) is 16.8 Å². The zero-order valence-corrected chi connectivity index (χ0v) is 15.1. The molecule has 4 rings (SSSR count). The monoisotopic (exact) mass is 379 g/mol. The predicted octanol–water partition coefficient (Wildman–Crippen LogP) is 2.31. The van der Waals surface area contributed by atoms with Crippen molar-refractivity contribution in [3.05, 3.63) is 84.5 Å². The molecule has 0 saturated heterocycles. The minimum absolute atomic E-state index is 0.113. The van der Waals surface area contributed by atoms with Gasteiger partial charge in [-0.25, -0.2) is 9.59 Å². The first-order chi connectivity index (χ1) is 13.5. The summed E-state index contributed by atoms with van der Waals surface area (Å²) in [5.41, 5.74) is 1.37. The molecule has 3 aromatic heterocycles. The lowest BCUT2D eigenvalue weighted by atomic mass is 10.0. The first-order valence-electron chi connectivity index (χ1n) is 8.82. The number of hydrogen-bond donors (Lipinski definition) is 2. The second kappa shape index (κ2) is 7.15. The minimum Gasteiger partial charge on any atom is -0.405 e. The van der Waals surface area contributed by atoms with Crippen molar-refractivity contribution in [2.75, 3.05) is 0 Å². The molecule has 8 heteroatoms. The molecule has 0 aliphatic rings. The van der Waals surface area contributed by atoms with Crippen molar-refractivity contribution in [3.8, 4) is 11.3 Å². The maximum atomic E-state index is 12.1. The lowest BCUT2D eigenvalue weighted by Crippen LogP contribution is -2.24. The van der Waals surface area contributed by atoms with Crippen molar-refractivity contribution in [3.63, 3.8) is 0 Å². The number of aromatic nitrogens is 3. The number of hydrogen-bond acceptors (Lipinski definition) is 6. The molecule has 8 nitrogen and oxygen atoms in total. The normalized spacial score (nSPS) is 11.2. The molecule has 28 heavy (non-hydrogen) atoms. The number of aryl methyl sites for hydroxylation is 3. The fraction of sp³-hybridized carbons (Fsp3) is 0.200. The highest BCUT2D eigenvalue weighted by Crippen LogP contribution is 2.23. The Hall–Kier alpha value is -3.68. The zero-order valence-electron chi connectivity index (χ0n) is 15.1. The first-order valence-corrected chi connectivity index (χ1v) is 8.82. The summed E-state index contributed by atoms with van der Waals surface area (Å²) in [4.78, 5) is 39.7. The highest BCUT2D eigenvalue weighted by atomic mass is 16.5. The van der Waals surface area contributed by atoms with Crippen LogP contribution in [0.15, 0.2) is 59.7 Å². The lowest BCUT2D eigenvalue weighted by Gasteiger charge is -2.03. The molecule has 3 heterocycles. The molecule has 0 unspecified atom stereocenters. The van der Waals surface area contributed by atoms with Crippen LogP contribution < -0.4 is 16.9 Å². The van der Waals surface area contributed by atoms with Crippen LogP contribution in [0.4, 0.5) is 0 Å². The Labute approximate surface area is 157 Å². The van der Waals surface area contributed by atoms with E-state index in [0.29, 0.717) is 30.6 Å². The number of fused-ring (bicyclic) bond motifs is 1. The highest BCUT2D eigenvalue weighted by molar-refractivity contribution is 5.75. The maximum Gasteiger partial charge on any atom is 0.337 e. The summed E-state index contributed by atoms with van der Waals surface area (Å²) in [6.07, 6.45) is 1.65. The van der Waals surface area contributed by atoms with Gasteiger partial charge < -0.3 is 8.94 Å². The van der Waals surface area contributed by atoms with Crippen LogP contribution in [-0.4, -0.2) is 15.1 Å². The van der Waals surface area contributed by atoms with Gasteiger partial charge in [0.05, 0.1) is 0 Å². The topological polar surface area (TPSA) is 122 Å². The van der Waals surface area contributed by atoms with E-state index < -0.39 is 16.9 Å². The molecule has 1 aromatic carbocycles. The lowest BCUT2D eigenvalue weighted by molar-refractivity contribution is 0.382. The van der Waals surface area contributed by atoms with Crippen molar-refractivity contribution in [2.45, 2.75) is 26.2 Å². The number of nitrogens with zero attached hydrogens (tertiary/aromatic N) is 1. The molecule has 2 N–H and O–H groups in total. The van der Waals surface area contributed by atoms with Gasteiger partial charge >= 0.3 is 11.3 Å². The second-order valence-electron chi connectivity index (χ2n) is 6.55. The Balaban J connectivity index is 1.54. The molecule has 0 radical (unpaired) electrons. The van der Waals surface area contributed by atoms with Gasteiger partial charge in [-0.05, 0) is 30.9 Å². The van der Waals surface area contributed by atoms with Gasteiger partial charge in [-0.3, -0.25) is 14.8 Å². The molecular formula is C20H17N3O5. The van der Waals surface area contributed by atoms with Crippen LogP contribution in [0.1, 0.15) is 23.3 Å². The van der Waals surface area contributed by atoms with Crippen LogP contribution in [0, 0.1) is 6.92 Å². The fourth-order valence-corrected chi connectivity index (χ4v) is 3.25. The standard InChI is InChI=1S/C20H17N3O5/c1-11-5-2-3-8-14(11)15-10-13(28-23-15)7-4-6-12-9-16(24)27-19-17(12)18(25)21-20(26)22-19/h2-3,5,8-10H,4,6-7H2,1H3,(H2,21,22,25,26). The Morgan fingerprint density at radius 3 is 2.68 bits per heavy atom. The molecule has 0 bridgehead atoms. The van der Waals surface area contributed by atoms with E-state index in [1.165, 1.54) is 6.07 Å². The van der Waals surface area contributed by atoms with Gasteiger partial charge in [0.25, 0.3) is 5.56 Å². The number of benzene rings is 1. The van der Waals surface area contributed by atoms with Gasteiger partial charge in [0, 0.05) is 24.1 Å². The van der Waals surface area contributed by atoms with E-state index in [1.54, 1.807) is 0 Å². The molecule has 0 aliphatic heterocycles. The van der Waals surface area contributed by atoms with Crippen LogP contribution in [-0.2, 0) is 12.8 Å². The van der Waals surface area contributed by atoms with Crippen LogP contribution in [0.5, 0.6) is 0 Å². The van der Waals surface area contributed by atoms with Gasteiger partial charge in [0.2, 0.25) is 5.71 Å². The number of aromatic amines is 2. The molecule has 0 spiro atoms. The first kappa shape index (κ1) is 17.7. The van der Waals surface area contributed by atoms with Crippen LogP contribution in [0.25, 0.3) is 22.4 Å². The molecule has 142 valence electrons. The third-order valence-electron chi connectivity index (χ3n) is 4.57. The highest BCUT2D eigenvalue weighted by Gasteiger charge is 2.12. The van der Waals surface area contributed by atoms with Crippen molar-refractivity contribution in [2.24, 2.45) is 0 Å². The summed E-state index contributed by atoms with van der Waals surface area (Å²) in [7, 11) is 0. The quantitative estimate of drug-likeness (QED) is 0.549. The van der Waals surface area contributed by atoms with Gasteiger partial charge in [-0.2, -0.15) is 0 Å². The third kappa shape index (κ3) is 3.44. The van der Waals surface area contributed by atoms with Crippen molar-refractivity contribution in [1.82, 2.24) is 15.1 Å². The average Bonchev–Trinajstić information content (AvgIpc) is 3.09. The molecule has 0 saturated carbocycles. The SMILES string of the molecule is Cc1ccccc1-c1cc(CCCc2cc(=O)oc3[nH]c(=O)[nH]c(=O)c23)on1. The summed E-state index contributed by atoms with van der Waals surface area (Å²) >= 11 is 0. The Kier molecular flexibility index (Phi) is 4.52. The molecule has 0 atom stereocenters. The summed E-state index contributed by atoms with van der Waals surface area (Å²) in [5, 5.41) is 4.30. The Bertz CT molecular complexity index is 1320.